The summed E-state index contributed by atoms with van der Waals surface area (Å²) in [5, 5.41) is 5.78. The molecule has 2 atom stereocenters. The first-order valence-corrected chi connectivity index (χ1v) is 12.4. The number of hydrogen-bond acceptors (Lipinski definition) is 6. The summed E-state index contributed by atoms with van der Waals surface area (Å²) in [6, 6.07) is 4.70. The average molecular weight is 513 g/mol. The zero-order valence-corrected chi connectivity index (χ0v) is 20.5. The highest BCUT2D eigenvalue weighted by atomic mass is 19.4. The van der Waals surface area contributed by atoms with Crippen LogP contribution in [0.5, 0.6) is 5.75 Å². The van der Waals surface area contributed by atoms with E-state index in [2.05, 4.69) is 15.0 Å². The summed E-state index contributed by atoms with van der Waals surface area (Å²) < 4.78 is 61.9. The maximum Gasteiger partial charge on any atom is 0.405 e. The number of alkyl halides is 3. The maximum absolute atomic E-state index is 14.3. The van der Waals surface area contributed by atoms with Crippen LogP contribution in [0.1, 0.15) is 56.8 Å². The summed E-state index contributed by atoms with van der Waals surface area (Å²) in [6.07, 6.45) is -0.732. The van der Waals surface area contributed by atoms with Gasteiger partial charge in [-0.1, -0.05) is 25.1 Å². The molecule has 7 nitrogen and oxygen atoms in total. The Hall–Kier alpha value is -2.85. The fourth-order valence-corrected chi connectivity index (χ4v) is 4.81. The first-order chi connectivity index (χ1) is 17.1. The summed E-state index contributed by atoms with van der Waals surface area (Å²) in [7, 11) is 0. The van der Waals surface area contributed by atoms with Gasteiger partial charge in [-0.3, -0.25) is 4.79 Å². The Kier molecular flexibility index (Phi) is 8.04. The summed E-state index contributed by atoms with van der Waals surface area (Å²) >= 11 is 0. The van der Waals surface area contributed by atoms with Gasteiger partial charge in [0.15, 0.2) is 5.82 Å². The molecule has 1 aliphatic carbocycles. The van der Waals surface area contributed by atoms with E-state index < -0.39 is 30.9 Å². The van der Waals surface area contributed by atoms with Crippen molar-refractivity contribution in [2.75, 3.05) is 31.1 Å². The number of carbonyl (C=O) groups excluding carboxylic acids is 1. The van der Waals surface area contributed by atoms with Crippen LogP contribution in [0.2, 0.25) is 0 Å². The van der Waals surface area contributed by atoms with E-state index in [0.717, 1.165) is 38.2 Å². The number of aromatic nitrogens is 2. The molecule has 0 spiro atoms. The third kappa shape index (κ3) is 7.10. The van der Waals surface area contributed by atoms with E-state index in [9.17, 15) is 22.4 Å². The molecule has 2 aliphatic rings. The molecular weight excluding hydrogens is 480 g/mol. The van der Waals surface area contributed by atoms with Gasteiger partial charge in [-0.25, -0.2) is 4.39 Å². The number of anilines is 1. The highest BCUT2D eigenvalue weighted by Crippen LogP contribution is 2.50. The van der Waals surface area contributed by atoms with Crippen LogP contribution >= 0.6 is 0 Å². The number of benzene rings is 1. The van der Waals surface area contributed by atoms with Gasteiger partial charge in [0.2, 0.25) is 5.91 Å². The number of amides is 1. The number of rotatable bonds is 10. The lowest BCUT2D eigenvalue weighted by atomic mass is 9.90. The normalized spacial score (nSPS) is 20.6. The zero-order chi connectivity index (χ0) is 25.9. The summed E-state index contributed by atoms with van der Waals surface area (Å²) in [6.45, 7) is 4.91. The molecule has 1 saturated heterocycles. The number of hydrogen-bond donors (Lipinski definition) is 1. The molecule has 0 bridgehead atoms. The lowest BCUT2D eigenvalue weighted by molar-refractivity contribution is -0.138. The molecular formula is C25H32F4N4O3. The van der Waals surface area contributed by atoms with Crippen molar-refractivity contribution in [1.29, 1.82) is 0 Å². The molecule has 2 unspecified atom stereocenters. The zero-order valence-electron chi connectivity index (χ0n) is 20.5. The minimum absolute atomic E-state index is 0.0246. The molecule has 1 N–H and O–H groups in total. The molecule has 1 aromatic carbocycles. The number of halogens is 4. The Labute approximate surface area is 207 Å². The van der Waals surface area contributed by atoms with Gasteiger partial charge in [-0.05, 0) is 55.1 Å². The number of carbonyl (C=O) groups is 1. The monoisotopic (exact) mass is 512 g/mol. The van der Waals surface area contributed by atoms with Crippen molar-refractivity contribution >= 4 is 11.9 Å². The first-order valence-electron chi connectivity index (χ1n) is 12.4. The smallest absolute Gasteiger partial charge is 0.405 e. The van der Waals surface area contributed by atoms with Gasteiger partial charge in [0.25, 0.3) is 0 Å². The van der Waals surface area contributed by atoms with Crippen molar-refractivity contribution < 1.29 is 31.6 Å². The standard InChI is InChI=1S/C25H32F4N4O3/c1-15(2)23-31-24(36-32-23)33-8-5-16(6-9-33)20-11-17(20)7-10-35-19-4-3-18(21(26)13-19)12-22(34)30-14-25(27,28)29/h3-4,13,15-17,20H,5-12,14H2,1-2H3,(H,30,34). The fourth-order valence-electron chi connectivity index (χ4n) is 4.81. The molecule has 198 valence electrons. The van der Waals surface area contributed by atoms with Crippen molar-refractivity contribution in [3.8, 4) is 5.75 Å². The van der Waals surface area contributed by atoms with Gasteiger partial charge >= 0.3 is 12.2 Å². The van der Waals surface area contributed by atoms with Crippen LogP contribution in [0.4, 0.5) is 23.6 Å². The van der Waals surface area contributed by atoms with Gasteiger partial charge in [-0.2, -0.15) is 18.2 Å². The molecule has 1 aromatic heterocycles. The topological polar surface area (TPSA) is 80.5 Å². The quantitative estimate of drug-likeness (QED) is 0.458. The molecule has 0 radical (unpaired) electrons. The predicted octanol–water partition coefficient (Wildman–Crippen LogP) is 4.87. The van der Waals surface area contributed by atoms with E-state index in [1.54, 1.807) is 5.32 Å². The summed E-state index contributed by atoms with van der Waals surface area (Å²) in [5.41, 5.74) is 0.0246. The van der Waals surface area contributed by atoms with Gasteiger partial charge < -0.3 is 19.5 Å². The summed E-state index contributed by atoms with van der Waals surface area (Å²) in [5.74, 6) is 1.70. The van der Waals surface area contributed by atoms with Crippen molar-refractivity contribution in [1.82, 2.24) is 15.5 Å². The number of nitrogens with one attached hydrogen (secondary N) is 1. The number of piperidine rings is 1. The van der Waals surface area contributed by atoms with Crippen molar-refractivity contribution in [2.45, 2.75) is 58.0 Å². The second kappa shape index (κ2) is 11.0. The average Bonchev–Trinajstić information content (AvgIpc) is 3.41. The van der Waals surface area contributed by atoms with Gasteiger partial charge in [0, 0.05) is 25.1 Å². The van der Waals surface area contributed by atoms with Gasteiger partial charge in [0.05, 0.1) is 13.0 Å². The predicted molar refractivity (Wildman–Crippen MR) is 124 cm³/mol. The molecule has 2 heterocycles. The largest absolute Gasteiger partial charge is 0.493 e. The Morgan fingerprint density at radius 1 is 1.28 bits per heavy atom. The molecule has 1 aliphatic heterocycles. The first kappa shape index (κ1) is 26.2. The molecule has 2 fully saturated rings. The third-order valence-corrected chi connectivity index (χ3v) is 6.96. The maximum atomic E-state index is 14.3. The lowest BCUT2D eigenvalue weighted by Gasteiger charge is -2.30. The summed E-state index contributed by atoms with van der Waals surface area (Å²) in [4.78, 5) is 18.3. The van der Waals surface area contributed by atoms with E-state index in [4.69, 9.17) is 9.26 Å². The highest BCUT2D eigenvalue weighted by molar-refractivity contribution is 5.78. The van der Waals surface area contributed by atoms with E-state index >= 15 is 0 Å². The van der Waals surface area contributed by atoms with Gasteiger partial charge in [0.1, 0.15) is 18.1 Å². The second-order valence-electron chi connectivity index (χ2n) is 10.0. The SMILES string of the molecule is CC(C)c1noc(N2CCC(C3CC3CCOc3ccc(CC(=O)NCC(F)(F)F)c(F)c3)CC2)n1. The molecule has 1 amide bonds. The Bertz CT molecular complexity index is 1030. The van der Waals surface area contributed by atoms with Crippen molar-refractivity contribution in [3.05, 3.63) is 35.4 Å². The van der Waals surface area contributed by atoms with Crippen molar-refractivity contribution in [3.63, 3.8) is 0 Å². The van der Waals surface area contributed by atoms with E-state index in [-0.39, 0.29) is 11.5 Å². The van der Waals surface area contributed by atoms with Crippen LogP contribution < -0.4 is 15.0 Å². The van der Waals surface area contributed by atoms with Crippen LogP contribution in [0.15, 0.2) is 22.7 Å². The molecule has 4 rings (SSSR count). The van der Waals surface area contributed by atoms with Crippen LogP contribution in [-0.2, 0) is 11.2 Å². The third-order valence-electron chi connectivity index (χ3n) is 6.96. The van der Waals surface area contributed by atoms with Crippen LogP contribution in [0.3, 0.4) is 0 Å². The van der Waals surface area contributed by atoms with Gasteiger partial charge in [-0.15, -0.1) is 0 Å². The molecule has 2 aromatic rings. The number of ether oxygens (including phenoxy) is 1. The minimum atomic E-state index is -4.50. The molecule has 1 saturated carbocycles. The van der Waals surface area contributed by atoms with E-state index in [1.165, 1.54) is 24.6 Å². The Morgan fingerprint density at radius 2 is 2.03 bits per heavy atom. The molecule has 36 heavy (non-hydrogen) atoms. The lowest BCUT2D eigenvalue weighted by Crippen LogP contribution is -2.34. The second-order valence-corrected chi connectivity index (χ2v) is 10.0. The van der Waals surface area contributed by atoms with E-state index in [1.807, 2.05) is 13.8 Å². The number of nitrogens with zero attached hydrogens (tertiary/aromatic N) is 3. The highest BCUT2D eigenvalue weighted by Gasteiger charge is 2.43. The molecule has 11 heteroatoms. The fraction of sp³-hybridized carbons (Fsp3) is 0.640. The van der Waals surface area contributed by atoms with E-state index in [0.29, 0.717) is 36.1 Å². The minimum Gasteiger partial charge on any atom is -0.493 e. The van der Waals surface area contributed by atoms with Crippen molar-refractivity contribution in [2.24, 2.45) is 17.8 Å². The van der Waals surface area contributed by atoms with Crippen LogP contribution in [-0.4, -0.2) is 48.5 Å². The van der Waals surface area contributed by atoms with Crippen LogP contribution in [0, 0.1) is 23.6 Å². The van der Waals surface area contributed by atoms with Crippen LogP contribution in [0.25, 0.3) is 0 Å². The Balaban J connectivity index is 1.15. The Morgan fingerprint density at radius 3 is 2.67 bits per heavy atom.